The number of carbonyl (C=O) groups excluding carboxylic acids is 2. The Bertz CT molecular complexity index is 984. The first-order chi connectivity index (χ1) is 14.2. The number of para-hydroxylation sites is 1. The van der Waals surface area contributed by atoms with E-state index < -0.39 is 29.6 Å². The second-order valence-electron chi connectivity index (χ2n) is 7.80. The molecule has 8 heteroatoms. The summed E-state index contributed by atoms with van der Waals surface area (Å²) in [6, 6.07) is 13.2. The van der Waals surface area contributed by atoms with Crippen LogP contribution in [0, 0.1) is 5.82 Å². The molecule has 7 nitrogen and oxygen atoms in total. The average molecular weight is 412 g/mol. The number of hydrogen-bond donors (Lipinski definition) is 2. The number of fused-ring (bicyclic) bond motifs is 1. The highest BCUT2D eigenvalue weighted by atomic mass is 19.1. The summed E-state index contributed by atoms with van der Waals surface area (Å²) < 4.78 is 19.9. The fourth-order valence-corrected chi connectivity index (χ4v) is 3.17. The molecule has 3 rings (SSSR count). The van der Waals surface area contributed by atoms with Crippen molar-refractivity contribution in [1.82, 2.24) is 5.32 Å². The van der Waals surface area contributed by atoms with Gasteiger partial charge in [-0.05, 0) is 39.0 Å². The number of ether oxygens (including phenoxy) is 1. The van der Waals surface area contributed by atoms with Gasteiger partial charge in [0.15, 0.2) is 0 Å². The van der Waals surface area contributed by atoms with Crippen LogP contribution in [0.1, 0.15) is 31.9 Å². The molecule has 0 saturated carbocycles. The number of alkyl carbamates (subject to hydrolysis) is 1. The van der Waals surface area contributed by atoms with Crippen LogP contribution in [0.4, 0.5) is 14.9 Å². The number of nitrogens with one attached hydrogen (secondary N) is 1. The minimum absolute atomic E-state index is 0.203. The Morgan fingerprint density at radius 2 is 1.80 bits per heavy atom. The molecule has 1 atom stereocenters. The van der Waals surface area contributed by atoms with Crippen LogP contribution in [0.15, 0.2) is 53.5 Å². The number of benzodiazepines with no additional fused rings is 1. The summed E-state index contributed by atoms with van der Waals surface area (Å²) in [5, 5.41) is 2.50. The predicted molar refractivity (Wildman–Crippen MR) is 113 cm³/mol. The molecular weight excluding hydrogens is 387 g/mol. The van der Waals surface area contributed by atoms with E-state index in [1.165, 1.54) is 11.0 Å². The Labute approximate surface area is 174 Å². The second-order valence-corrected chi connectivity index (χ2v) is 7.80. The summed E-state index contributed by atoms with van der Waals surface area (Å²) in [6.07, 6.45) is -2.09. The molecule has 2 amide bonds. The second kappa shape index (κ2) is 8.62. The molecule has 0 aliphatic carbocycles. The van der Waals surface area contributed by atoms with E-state index in [9.17, 15) is 14.0 Å². The van der Waals surface area contributed by atoms with Crippen molar-refractivity contribution in [2.45, 2.75) is 32.5 Å². The van der Waals surface area contributed by atoms with Crippen molar-refractivity contribution in [3.63, 3.8) is 0 Å². The largest absolute Gasteiger partial charge is 0.444 e. The van der Waals surface area contributed by atoms with Crippen LogP contribution in [0.5, 0.6) is 0 Å². The standard InChI is InChI=1S/C22H25FN4O3/c1-22(2,3)30-21(29)26-19-20(28)27(13-12-24)17-11-7-5-9-15(17)18(25-19)14-8-4-6-10-16(14)23/h4-11,19H,12-13,24H2,1-3H3,(H,26,29)/t19-/m1/s1. The van der Waals surface area contributed by atoms with E-state index >= 15 is 0 Å². The highest BCUT2D eigenvalue weighted by Gasteiger charge is 2.34. The molecule has 0 fully saturated rings. The number of carbonyl (C=O) groups is 2. The van der Waals surface area contributed by atoms with Crippen LogP contribution in [-0.4, -0.2) is 42.6 Å². The van der Waals surface area contributed by atoms with Crippen molar-refractivity contribution in [1.29, 1.82) is 0 Å². The minimum atomic E-state index is -1.30. The highest BCUT2D eigenvalue weighted by Crippen LogP contribution is 2.28. The molecule has 1 aliphatic heterocycles. The third-order valence-corrected chi connectivity index (χ3v) is 4.34. The molecule has 0 bridgehead atoms. The van der Waals surface area contributed by atoms with Gasteiger partial charge in [0.2, 0.25) is 6.17 Å². The van der Waals surface area contributed by atoms with Gasteiger partial charge >= 0.3 is 6.09 Å². The first-order valence-electron chi connectivity index (χ1n) is 9.64. The number of hydrogen-bond acceptors (Lipinski definition) is 5. The summed E-state index contributed by atoms with van der Waals surface area (Å²) in [6.45, 7) is 5.56. The monoisotopic (exact) mass is 412 g/mol. The van der Waals surface area contributed by atoms with Gasteiger partial charge in [0.05, 0.1) is 11.4 Å². The summed E-state index contributed by atoms with van der Waals surface area (Å²) in [7, 11) is 0. The topological polar surface area (TPSA) is 97.0 Å². The maximum atomic E-state index is 14.6. The number of halogens is 1. The Morgan fingerprint density at radius 1 is 1.17 bits per heavy atom. The highest BCUT2D eigenvalue weighted by molar-refractivity contribution is 6.20. The fraction of sp³-hybridized carbons (Fsp3) is 0.318. The maximum absolute atomic E-state index is 14.6. The van der Waals surface area contributed by atoms with Crippen LogP contribution < -0.4 is 16.0 Å². The quantitative estimate of drug-likeness (QED) is 0.807. The van der Waals surface area contributed by atoms with Gasteiger partial charge in [-0.3, -0.25) is 10.1 Å². The van der Waals surface area contributed by atoms with Gasteiger partial charge in [0.1, 0.15) is 11.4 Å². The van der Waals surface area contributed by atoms with Crippen molar-refractivity contribution in [2.75, 3.05) is 18.0 Å². The molecule has 2 aromatic rings. The number of anilines is 1. The Kier molecular flexibility index (Phi) is 6.17. The molecule has 1 heterocycles. The van der Waals surface area contributed by atoms with Crippen LogP contribution in [0.2, 0.25) is 0 Å². The lowest BCUT2D eigenvalue weighted by molar-refractivity contribution is -0.120. The summed E-state index contributed by atoms with van der Waals surface area (Å²) in [5.74, 6) is -0.966. The smallest absolute Gasteiger partial charge is 0.409 e. The first-order valence-corrected chi connectivity index (χ1v) is 9.64. The van der Waals surface area contributed by atoms with E-state index in [-0.39, 0.29) is 24.4 Å². The lowest BCUT2D eigenvalue weighted by Crippen LogP contribution is -2.49. The van der Waals surface area contributed by atoms with Crippen molar-refractivity contribution < 1.29 is 18.7 Å². The maximum Gasteiger partial charge on any atom is 0.409 e. The molecule has 158 valence electrons. The molecular formula is C22H25FN4O3. The normalized spacial score (nSPS) is 16.4. The molecule has 1 aliphatic rings. The zero-order valence-corrected chi connectivity index (χ0v) is 17.2. The molecule has 0 unspecified atom stereocenters. The van der Waals surface area contributed by atoms with Gasteiger partial charge in [-0.25, -0.2) is 14.2 Å². The van der Waals surface area contributed by atoms with Gasteiger partial charge in [0.25, 0.3) is 5.91 Å². The van der Waals surface area contributed by atoms with Crippen LogP contribution in [0.25, 0.3) is 0 Å². The van der Waals surface area contributed by atoms with E-state index in [1.54, 1.807) is 63.2 Å². The molecule has 30 heavy (non-hydrogen) atoms. The minimum Gasteiger partial charge on any atom is -0.444 e. The Balaban J connectivity index is 2.13. The van der Waals surface area contributed by atoms with Gasteiger partial charge in [-0.2, -0.15) is 0 Å². The van der Waals surface area contributed by atoms with E-state index in [0.717, 1.165) is 0 Å². The fourth-order valence-electron chi connectivity index (χ4n) is 3.17. The molecule has 0 spiro atoms. The molecule has 2 aromatic carbocycles. The van der Waals surface area contributed by atoms with Gasteiger partial charge < -0.3 is 15.4 Å². The number of amides is 2. The van der Waals surface area contributed by atoms with Crippen molar-refractivity contribution in [3.8, 4) is 0 Å². The molecule has 0 aromatic heterocycles. The molecule has 0 radical (unpaired) electrons. The Hall–Kier alpha value is -3.26. The number of aliphatic imine (C=N–C) groups is 1. The Morgan fingerprint density at radius 3 is 2.43 bits per heavy atom. The van der Waals surface area contributed by atoms with Crippen molar-refractivity contribution >= 4 is 23.4 Å². The van der Waals surface area contributed by atoms with Crippen LogP contribution in [0.3, 0.4) is 0 Å². The summed E-state index contributed by atoms with van der Waals surface area (Å²) >= 11 is 0. The van der Waals surface area contributed by atoms with Crippen molar-refractivity contribution in [2.24, 2.45) is 10.7 Å². The van der Waals surface area contributed by atoms with Gasteiger partial charge in [-0.15, -0.1) is 0 Å². The first kappa shape index (κ1) is 21.4. The van der Waals surface area contributed by atoms with Crippen LogP contribution >= 0.6 is 0 Å². The van der Waals surface area contributed by atoms with E-state index in [0.29, 0.717) is 11.3 Å². The zero-order chi connectivity index (χ0) is 21.9. The molecule has 3 N–H and O–H groups in total. The number of nitrogens with two attached hydrogens (primary N) is 1. The average Bonchev–Trinajstić information content (AvgIpc) is 2.78. The lowest BCUT2D eigenvalue weighted by atomic mass is 10.00. The lowest BCUT2D eigenvalue weighted by Gasteiger charge is -2.26. The molecule has 0 saturated heterocycles. The van der Waals surface area contributed by atoms with Crippen molar-refractivity contribution in [3.05, 3.63) is 65.5 Å². The number of rotatable bonds is 4. The summed E-state index contributed by atoms with van der Waals surface area (Å²) in [5.41, 5.74) is 6.57. The number of nitrogens with zero attached hydrogens (tertiary/aromatic N) is 2. The SMILES string of the molecule is CC(C)(C)OC(=O)N[C@H]1N=C(c2ccccc2F)c2ccccc2N(CCN)C1=O. The zero-order valence-electron chi connectivity index (χ0n) is 17.2. The van der Waals surface area contributed by atoms with E-state index in [2.05, 4.69) is 10.3 Å². The number of benzene rings is 2. The van der Waals surface area contributed by atoms with Gasteiger partial charge in [0, 0.05) is 24.2 Å². The van der Waals surface area contributed by atoms with Gasteiger partial charge in [-0.1, -0.05) is 30.3 Å². The summed E-state index contributed by atoms with van der Waals surface area (Å²) in [4.78, 5) is 31.5. The van der Waals surface area contributed by atoms with Crippen LogP contribution in [-0.2, 0) is 9.53 Å². The van der Waals surface area contributed by atoms with E-state index in [1.807, 2.05) is 0 Å². The predicted octanol–water partition coefficient (Wildman–Crippen LogP) is 2.82. The third kappa shape index (κ3) is 4.65. The third-order valence-electron chi connectivity index (χ3n) is 4.34. The van der Waals surface area contributed by atoms with E-state index in [4.69, 9.17) is 10.5 Å².